The molecule has 11 nitrogen and oxygen atoms in total. The highest BCUT2D eigenvalue weighted by molar-refractivity contribution is 7.43. The molecular formula is C20H49N2O9P. The zero-order valence-electron chi connectivity index (χ0n) is 20.6. The van der Waals surface area contributed by atoms with E-state index in [1.807, 2.05) is 0 Å². The lowest BCUT2D eigenvalue weighted by Gasteiger charge is -2.28. The van der Waals surface area contributed by atoms with Crippen molar-refractivity contribution in [2.45, 2.75) is 58.3 Å². The highest BCUT2D eigenvalue weighted by Gasteiger charge is 1.95. The summed E-state index contributed by atoms with van der Waals surface area (Å²) in [6.45, 7) is 6.52. The normalized spacial score (nSPS) is 11.2. The Morgan fingerprint density at radius 3 is 1.19 bits per heavy atom. The van der Waals surface area contributed by atoms with E-state index in [2.05, 4.69) is 11.4 Å². The Morgan fingerprint density at radius 1 is 0.500 bits per heavy atom. The molecule has 0 fully saturated rings. The van der Waals surface area contributed by atoms with Gasteiger partial charge in [0.15, 0.2) is 0 Å². The molecule has 0 bridgehead atoms. The van der Waals surface area contributed by atoms with Crippen LogP contribution >= 0.6 is 7.82 Å². The molecule has 0 aliphatic carbocycles. The number of unbranched alkanes of at least 4 members (excludes halogenated alkanes) is 7. The van der Waals surface area contributed by atoms with Crippen LogP contribution in [-0.2, 0) is 32.8 Å². The van der Waals surface area contributed by atoms with Crippen LogP contribution in [0.15, 0.2) is 0 Å². The minimum atomic E-state index is -4.91. The minimum Gasteiger partial charge on any atom is -0.790 e. The molecule has 0 radical (unpaired) electrons. The van der Waals surface area contributed by atoms with E-state index < -0.39 is 7.82 Å². The van der Waals surface area contributed by atoms with E-state index in [1.54, 1.807) is 0 Å². The topological polar surface area (TPSA) is 192 Å². The Bertz CT molecular complexity index is 390. The summed E-state index contributed by atoms with van der Waals surface area (Å²) in [7, 11) is -4.91. The van der Waals surface area contributed by atoms with Gasteiger partial charge in [-0.05, 0) is 6.42 Å². The van der Waals surface area contributed by atoms with Crippen molar-refractivity contribution in [1.29, 1.82) is 0 Å². The quantitative estimate of drug-likeness (QED) is 0.142. The van der Waals surface area contributed by atoms with E-state index in [1.165, 1.54) is 44.9 Å². The van der Waals surface area contributed by atoms with Gasteiger partial charge in [0.2, 0.25) is 0 Å². The van der Waals surface area contributed by atoms with E-state index in [4.69, 9.17) is 23.7 Å². The summed E-state index contributed by atoms with van der Waals surface area (Å²) < 4.78 is 40.9. The Morgan fingerprint density at radius 2 is 0.812 bits per heavy atom. The second kappa shape index (κ2) is 28.9. The fourth-order valence-electron chi connectivity index (χ4n) is 2.53. The standard InChI is InChI=1S/C20H43O9P.2H3N/c1-2-3-4-5-6-7-8-9-10-24-11-12-25-13-14-26-15-16-27-17-18-28-19-20-29-30(21,22)23;;/h2-20H2,1H3,(H2,21,22,23);2*1H3. The van der Waals surface area contributed by atoms with E-state index in [0.717, 1.165) is 13.0 Å². The van der Waals surface area contributed by atoms with Gasteiger partial charge in [0, 0.05) is 6.61 Å². The van der Waals surface area contributed by atoms with Gasteiger partial charge < -0.3 is 54.9 Å². The first-order valence-corrected chi connectivity index (χ1v) is 12.6. The molecule has 8 N–H and O–H groups in total. The SMILES string of the molecule is CCCCCCCCCCOCCOCCOCCOCCOCCOP(=O)([O-])[O-].[NH4+].[NH4+]. The van der Waals surface area contributed by atoms with Gasteiger partial charge in [-0.15, -0.1) is 0 Å². The molecule has 0 aromatic heterocycles. The fraction of sp³-hybridized carbons (Fsp3) is 1.00. The van der Waals surface area contributed by atoms with E-state index in [-0.39, 0.29) is 32.1 Å². The first-order chi connectivity index (χ1) is 14.6. The largest absolute Gasteiger partial charge is 0.790 e. The van der Waals surface area contributed by atoms with Gasteiger partial charge >= 0.3 is 0 Å². The number of quaternary nitrogens is 2. The second-order valence-corrected chi connectivity index (χ2v) is 7.97. The van der Waals surface area contributed by atoms with E-state index >= 15 is 0 Å². The van der Waals surface area contributed by atoms with Crippen LogP contribution in [0, 0.1) is 0 Å². The van der Waals surface area contributed by atoms with Gasteiger partial charge in [-0.2, -0.15) is 0 Å². The van der Waals surface area contributed by atoms with Gasteiger partial charge in [-0.3, -0.25) is 0 Å². The van der Waals surface area contributed by atoms with Crippen LogP contribution in [0.2, 0.25) is 0 Å². The van der Waals surface area contributed by atoms with Crippen molar-refractivity contribution in [3.8, 4) is 0 Å². The molecule has 198 valence electrons. The lowest BCUT2D eigenvalue weighted by molar-refractivity contribution is -0.342. The van der Waals surface area contributed by atoms with Gasteiger partial charge in [0.25, 0.3) is 0 Å². The van der Waals surface area contributed by atoms with Crippen LogP contribution in [0.1, 0.15) is 58.3 Å². The fourth-order valence-corrected chi connectivity index (χ4v) is 2.83. The Labute approximate surface area is 194 Å². The van der Waals surface area contributed by atoms with Crippen molar-refractivity contribution in [2.24, 2.45) is 0 Å². The number of ether oxygens (including phenoxy) is 5. The smallest absolute Gasteiger partial charge is 0.0752 e. The number of hydrogen-bond donors (Lipinski definition) is 2. The van der Waals surface area contributed by atoms with Crippen LogP contribution in [0.25, 0.3) is 0 Å². The van der Waals surface area contributed by atoms with Gasteiger partial charge in [0.1, 0.15) is 0 Å². The highest BCUT2D eigenvalue weighted by atomic mass is 31.2. The average molecular weight is 493 g/mol. The number of phosphoric acid groups is 1. The molecule has 0 amide bonds. The zero-order chi connectivity index (χ0) is 22.2. The zero-order valence-corrected chi connectivity index (χ0v) is 21.5. The number of hydrogen-bond acceptors (Lipinski definition) is 9. The first kappa shape index (κ1) is 36.4. The predicted molar refractivity (Wildman–Crippen MR) is 122 cm³/mol. The predicted octanol–water partition coefficient (Wildman–Crippen LogP) is 2.81. The van der Waals surface area contributed by atoms with Crippen molar-refractivity contribution >= 4 is 7.82 Å². The molecule has 0 rings (SSSR count). The van der Waals surface area contributed by atoms with Crippen molar-refractivity contribution in [3.63, 3.8) is 0 Å². The summed E-state index contributed by atoms with van der Waals surface area (Å²) in [6.07, 6.45) is 10.4. The Balaban J connectivity index is -0.00000420. The Kier molecular flexibility index (Phi) is 32.8. The summed E-state index contributed by atoms with van der Waals surface area (Å²) in [5.41, 5.74) is 0. The highest BCUT2D eigenvalue weighted by Crippen LogP contribution is 2.23. The van der Waals surface area contributed by atoms with E-state index in [0.29, 0.717) is 46.2 Å². The van der Waals surface area contributed by atoms with Gasteiger partial charge in [-0.25, -0.2) is 0 Å². The second-order valence-electron chi connectivity index (χ2n) is 6.82. The number of rotatable bonds is 25. The van der Waals surface area contributed by atoms with Crippen molar-refractivity contribution in [3.05, 3.63) is 0 Å². The van der Waals surface area contributed by atoms with E-state index in [9.17, 15) is 14.4 Å². The molecule has 0 saturated heterocycles. The molecule has 0 spiro atoms. The van der Waals surface area contributed by atoms with Crippen LogP contribution < -0.4 is 22.1 Å². The summed E-state index contributed by atoms with van der Waals surface area (Å²) >= 11 is 0. The summed E-state index contributed by atoms with van der Waals surface area (Å²) in [5, 5.41) is 0. The maximum Gasteiger partial charge on any atom is 0.0752 e. The lowest BCUT2D eigenvalue weighted by atomic mass is 10.1. The summed E-state index contributed by atoms with van der Waals surface area (Å²) in [5.74, 6) is 0. The molecule has 0 heterocycles. The Hall–Kier alpha value is -0.170. The lowest BCUT2D eigenvalue weighted by Crippen LogP contribution is -2.19. The minimum absolute atomic E-state index is 0. The van der Waals surface area contributed by atoms with Crippen LogP contribution in [0.4, 0.5) is 0 Å². The molecule has 12 heteroatoms. The molecule has 0 atom stereocenters. The van der Waals surface area contributed by atoms with Crippen molar-refractivity contribution in [1.82, 2.24) is 12.3 Å². The van der Waals surface area contributed by atoms with Gasteiger partial charge in [0.05, 0.1) is 73.9 Å². The molecule has 0 unspecified atom stereocenters. The van der Waals surface area contributed by atoms with Crippen molar-refractivity contribution in [2.75, 3.05) is 72.7 Å². The molecule has 0 aliphatic rings. The van der Waals surface area contributed by atoms with Crippen LogP contribution in [0.5, 0.6) is 0 Å². The third-order valence-electron chi connectivity index (χ3n) is 4.11. The molecule has 0 aliphatic heterocycles. The molecule has 0 aromatic rings. The summed E-state index contributed by atoms with van der Waals surface area (Å²) in [6, 6.07) is 0. The van der Waals surface area contributed by atoms with Crippen molar-refractivity contribution < 1.29 is 42.6 Å². The molecule has 0 aromatic carbocycles. The third kappa shape index (κ3) is 34.4. The van der Waals surface area contributed by atoms with Gasteiger partial charge in [-0.1, -0.05) is 51.9 Å². The van der Waals surface area contributed by atoms with Crippen LogP contribution in [0.3, 0.4) is 0 Å². The number of phosphoric ester groups is 1. The molecule has 0 saturated carbocycles. The third-order valence-corrected chi connectivity index (χ3v) is 4.61. The van der Waals surface area contributed by atoms with Crippen LogP contribution in [-0.4, -0.2) is 72.7 Å². The maximum atomic E-state index is 10.2. The maximum absolute atomic E-state index is 10.2. The molecule has 32 heavy (non-hydrogen) atoms. The first-order valence-electron chi connectivity index (χ1n) is 11.1. The molecular weight excluding hydrogens is 443 g/mol. The average Bonchev–Trinajstić information content (AvgIpc) is 2.70. The monoisotopic (exact) mass is 492 g/mol. The summed E-state index contributed by atoms with van der Waals surface area (Å²) in [4.78, 5) is 20.4.